The van der Waals surface area contributed by atoms with Gasteiger partial charge in [-0.05, 0) is 22.5 Å². The van der Waals surface area contributed by atoms with Gasteiger partial charge in [0.2, 0.25) is 0 Å². The highest BCUT2D eigenvalue weighted by molar-refractivity contribution is 7.56. The van der Waals surface area contributed by atoms with Crippen LogP contribution in [-0.4, -0.2) is 35.2 Å². The molecule has 1 atom stereocenters. The van der Waals surface area contributed by atoms with E-state index in [2.05, 4.69) is 67.1 Å². The molecule has 0 fully saturated rings. The van der Waals surface area contributed by atoms with E-state index in [0.717, 1.165) is 17.4 Å². The number of methoxy groups -OCH3 is 1. The number of hydrogen-bond donors (Lipinski definition) is 0. The predicted molar refractivity (Wildman–Crippen MR) is 114 cm³/mol. The number of rotatable bonds is 8. The fourth-order valence-corrected chi connectivity index (χ4v) is 5.40. The lowest BCUT2D eigenvalue weighted by molar-refractivity contribution is 0.0513. The zero-order chi connectivity index (χ0) is 18.3. The van der Waals surface area contributed by atoms with Crippen LogP contribution in [-0.2, 0) is 10.8 Å². The Kier molecular flexibility index (Phi) is 7.36. The molecule has 1 unspecified atom stereocenters. The maximum absolute atomic E-state index is 6.01. The molecule has 0 saturated carbocycles. The van der Waals surface area contributed by atoms with Crippen LogP contribution >= 0.6 is 8.58 Å². The van der Waals surface area contributed by atoms with Gasteiger partial charge in [0.05, 0.1) is 0 Å². The average molecular weight is 374 g/mol. The van der Waals surface area contributed by atoms with Gasteiger partial charge in [-0.25, -0.2) is 0 Å². The molecular weight excluding hydrogens is 345 g/mol. The van der Waals surface area contributed by atoms with Gasteiger partial charge in [0.1, 0.15) is 5.75 Å². The summed E-state index contributed by atoms with van der Waals surface area (Å²) >= 11 is 0. The summed E-state index contributed by atoms with van der Waals surface area (Å²) in [5.74, 6) is 0.994. The van der Waals surface area contributed by atoms with Crippen molar-refractivity contribution >= 4 is 33.5 Å². The number of para-hydroxylation sites is 1. The van der Waals surface area contributed by atoms with Crippen molar-refractivity contribution in [1.82, 2.24) is 0 Å². The van der Waals surface area contributed by atoms with Crippen LogP contribution < -0.4 is 15.3 Å². The van der Waals surface area contributed by atoms with E-state index >= 15 is 0 Å². The van der Waals surface area contributed by atoms with E-state index in [-0.39, 0.29) is 6.79 Å². The summed E-state index contributed by atoms with van der Waals surface area (Å²) in [7, 11) is 2.75. The van der Waals surface area contributed by atoms with Crippen LogP contribution in [0.3, 0.4) is 0 Å². The van der Waals surface area contributed by atoms with E-state index in [1.807, 2.05) is 13.3 Å². The van der Waals surface area contributed by atoms with E-state index in [1.165, 1.54) is 16.2 Å². The highest BCUT2D eigenvalue weighted by Crippen LogP contribution is 2.27. The van der Waals surface area contributed by atoms with Crippen LogP contribution in [0, 0.1) is 0 Å². The van der Waals surface area contributed by atoms with Crippen LogP contribution in [0.2, 0.25) is 19.6 Å². The summed E-state index contributed by atoms with van der Waals surface area (Å²) in [6.45, 7) is 7.43. The van der Waals surface area contributed by atoms with Gasteiger partial charge in [-0.15, -0.1) is 0 Å². The summed E-state index contributed by atoms with van der Waals surface area (Å²) in [4.78, 5) is 4.18. The van der Waals surface area contributed by atoms with Crippen molar-refractivity contribution in [1.29, 1.82) is 0 Å². The molecule has 0 radical (unpaired) electrons. The van der Waals surface area contributed by atoms with E-state index in [0.29, 0.717) is 8.58 Å². The Morgan fingerprint density at radius 1 is 1.04 bits per heavy atom. The summed E-state index contributed by atoms with van der Waals surface area (Å²) in [5, 5.41) is 2.50. The number of benzene rings is 2. The topological polar surface area (TPSA) is 30.8 Å². The van der Waals surface area contributed by atoms with Crippen molar-refractivity contribution in [2.45, 2.75) is 25.7 Å². The SMILES string of the molecule is CN=Cc1ccccc1Pc1cccc(C[Si](C)(C)C)c1OCOC. The molecule has 0 aliphatic rings. The third-order valence-electron chi connectivity index (χ3n) is 3.64. The van der Waals surface area contributed by atoms with Crippen LogP contribution in [0.25, 0.3) is 0 Å². The normalized spacial score (nSPS) is 12.4. The van der Waals surface area contributed by atoms with Gasteiger partial charge >= 0.3 is 0 Å². The lowest BCUT2D eigenvalue weighted by Crippen LogP contribution is -2.25. The molecule has 0 bridgehead atoms. The van der Waals surface area contributed by atoms with E-state index in [4.69, 9.17) is 9.47 Å². The molecular formula is C20H28NO2PSi. The molecule has 0 aliphatic heterocycles. The molecule has 25 heavy (non-hydrogen) atoms. The zero-order valence-corrected chi connectivity index (χ0v) is 17.8. The first kappa shape index (κ1) is 19.8. The van der Waals surface area contributed by atoms with Gasteiger partial charge in [0, 0.05) is 33.8 Å². The summed E-state index contributed by atoms with van der Waals surface area (Å²) < 4.78 is 11.2. The van der Waals surface area contributed by atoms with Crippen molar-refractivity contribution in [2.24, 2.45) is 4.99 Å². The number of nitrogens with zero attached hydrogens (tertiary/aromatic N) is 1. The first-order valence-electron chi connectivity index (χ1n) is 8.46. The number of aliphatic imine (C=N–C) groups is 1. The third-order valence-corrected chi connectivity index (χ3v) is 6.47. The first-order chi connectivity index (χ1) is 11.9. The van der Waals surface area contributed by atoms with Crippen LogP contribution in [0.1, 0.15) is 11.1 Å². The zero-order valence-electron chi connectivity index (χ0n) is 15.8. The van der Waals surface area contributed by atoms with Crippen LogP contribution in [0.4, 0.5) is 0 Å². The maximum atomic E-state index is 6.01. The van der Waals surface area contributed by atoms with Gasteiger partial charge in [0.25, 0.3) is 0 Å². The van der Waals surface area contributed by atoms with Crippen molar-refractivity contribution < 1.29 is 9.47 Å². The van der Waals surface area contributed by atoms with Gasteiger partial charge < -0.3 is 9.47 Å². The second kappa shape index (κ2) is 9.28. The molecule has 134 valence electrons. The molecule has 5 heteroatoms. The maximum Gasteiger partial charge on any atom is 0.188 e. The number of ether oxygens (including phenoxy) is 2. The van der Waals surface area contributed by atoms with Crippen LogP contribution in [0.15, 0.2) is 47.5 Å². The Hall–Kier alpha value is -1.48. The molecule has 0 saturated heterocycles. The minimum atomic E-state index is -1.25. The Labute approximate surface area is 154 Å². The first-order valence-corrected chi connectivity index (χ1v) is 13.2. The Morgan fingerprint density at radius 3 is 2.44 bits per heavy atom. The molecule has 3 nitrogen and oxygen atoms in total. The minimum Gasteiger partial charge on any atom is -0.467 e. The summed E-state index contributed by atoms with van der Waals surface area (Å²) in [5.41, 5.74) is 2.46. The molecule has 0 amide bonds. The monoisotopic (exact) mass is 373 g/mol. The van der Waals surface area contributed by atoms with Crippen molar-refractivity contribution in [3.05, 3.63) is 53.6 Å². The van der Waals surface area contributed by atoms with Crippen molar-refractivity contribution in [3.8, 4) is 5.75 Å². The highest BCUT2D eigenvalue weighted by atomic mass is 31.1. The molecule has 0 heterocycles. The standard InChI is InChI=1S/C20H28NO2PSi/c1-21-13-16-9-6-7-11-18(16)24-19-12-8-10-17(14-25(3,4)5)20(19)23-15-22-2/h6-13,24H,14-15H2,1-5H3. The largest absolute Gasteiger partial charge is 0.467 e. The fourth-order valence-electron chi connectivity index (χ4n) is 2.69. The quantitative estimate of drug-likeness (QED) is 0.305. The summed E-state index contributed by atoms with van der Waals surface area (Å²) in [6, 6.07) is 16.0. The van der Waals surface area contributed by atoms with E-state index < -0.39 is 8.07 Å². The second-order valence-corrected chi connectivity index (χ2v) is 14.0. The molecule has 2 rings (SSSR count). The fraction of sp³-hybridized carbons (Fsp3) is 0.350. The predicted octanol–water partition coefficient (Wildman–Crippen LogP) is 3.77. The second-order valence-electron chi connectivity index (χ2n) is 7.18. The smallest absolute Gasteiger partial charge is 0.188 e. The minimum absolute atomic E-state index is 0.276. The average Bonchev–Trinajstić information content (AvgIpc) is 2.55. The van der Waals surface area contributed by atoms with Gasteiger partial charge in [0.15, 0.2) is 6.79 Å². The molecule has 2 aromatic rings. The van der Waals surface area contributed by atoms with Crippen LogP contribution in [0.5, 0.6) is 5.75 Å². The molecule has 0 N–H and O–H groups in total. The lowest BCUT2D eigenvalue weighted by Gasteiger charge is -2.21. The molecule has 2 aromatic carbocycles. The van der Waals surface area contributed by atoms with Gasteiger partial charge in [-0.3, -0.25) is 4.99 Å². The third kappa shape index (κ3) is 6.07. The lowest BCUT2D eigenvalue weighted by atomic mass is 10.2. The Bertz CT molecular complexity index is 726. The molecule has 0 spiro atoms. The summed E-state index contributed by atoms with van der Waals surface area (Å²) in [6.07, 6.45) is 1.92. The number of hydrogen-bond acceptors (Lipinski definition) is 3. The molecule has 0 aliphatic carbocycles. The Morgan fingerprint density at radius 2 is 1.76 bits per heavy atom. The van der Waals surface area contributed by atoms with Gasteiger partial charge in [-0.1, -0.05) is 70.7 Å². The Balaban J connectivity index is 2.41. The van der Waals surface area contributed by atoms with E-state index in [9.17, 15) is 0 Å². The highest BCUT2D eigenvalue weighted by Gasteiger charge is 2.19. The van der Waals surface area contributed by atoms with Crippen molar-refractivity contribution in [3.63, 3.8) is 0 Å². The molecule has 0 aromatic heterocycles. The van der Waals surface area contributed by atoms with Crippen molar-refractivity contribution in [2.75, 3.05) is 21.0 Å². The van der Waals surface area contributed by atoms with E-state index in [1.54, 1.807) is 7.11 Å². The van der Waals surface area contributed by atoms with Gasteiger partial charge in [-0.2, -0.15) is 0 Å².